The van der Waals surface area contributed by atoms with Crippen LogP contribution in [-0.4, -0.2) is 28.6 Å². The first-order valence-corrected chi connectivity index (χ1v) is 7.43. The van der Waals surface area contributed by atoms with Crippen molar-refractivity contribution in [2.24, 2.45) is 0 Å². The van der Waals surface area contributed by atoms with Crippen LogP contribution in [0.25, 0.3) is 10.8 Å². The fourth-order valence-corrected chi connectivity index (χ4v) is 2.38. The lowest BCUT2D eigenvalue weighted by Gasteiger charge is -2.09. The molecule has 0 spiro atoms. The highest BCUT2D eigenvalue weighted by Gasteiger charge is 2.12. The number of hydrogen-bond acceptors (Lipinski definition) is 4. The number of aromatic nitrogens is 2. The number of rotatable bonds is 4. The van der Waals surface area contributed by atoms with E-state index in [2.05, 4.69) is 20.8 Å². The van der Waals surface area contributed by atoms with Crippen LogP contribution in [0.1, 0.15) is 10.4 Å². The Morgan fingerprint density at radius 2 is 1.60 bits per heavy atom. The fourth-order valence-electron chi connectivity index (χ4n) is 2.38. The van der Waals surface area contributed by atoms with E-state index in [4.69, 9.17) is 0 Å². The van der Waals surface area contributed by atoms with Crippen molar-refractivity contribution in [2.75, 3.05) is 11.9 Å². The van der Waals surface area contributed by atoms with Crippen molar-refractivity contribution >= 4 is 28.3 Å². The van der Waals surface area contributed by atoms with Gasteiger partial charge in [-0.3, -0.25) is 29.4 Å². The predicted octanol–water partition coefficient (Wildman–Crippen LogP) is 0.585. The van der Waals surface area contributed by atoms with Crippen LogP contribution in [0.2, 0.25) is 0 Å². The summed E-state index contributed by atoms with van der Waals surface area (Å²) in [5.41, 5.74) is -0.367. The molecular weight excluding hydrogens is 324 g/mol. The zero-order valence-corrected chi connectivity index (χ0v) is 13.0. The minimum Gasteiger partial charge on any atom is -0.343 e. The topological polar surface area (TPSA) is 124 Å². The van der Waals surface area contributed by atoms with E-state index in [0.717, 1.165) is 0 Å². The van der Waals surface area contributed by atoms with Gasteiger partial charge in [-0.2, -0.15) is 0 Å². The van der Waals surface area contributed by atoms with E-state index in [1.165, 1.54) is 12.1 Å². The molecule has 4 N–H and O–H groups in total. The van der Waals surface area contributed by atoms with Gasteiger partial charge in [-0.05, 0) is 24.3 Å². The summed E-state index contributed by atoms with van der Waals surface area (Å²) >= 11 is 0. The molecule has 8 nitrogen and oxygen atoms in total. The summed E-state index contributed by atoms with van der Waals surface area (Å²) in [6, 6.07) is 13.0. The SMILES string of the molecule is O=C(CNC(=O)c1ccccc1)Nc1cccc2c(=O)[nH][nH]c(=O)c12. The van der Waals surface area contributed by atoms with Crippen molar-refractivity contribution in [1.82, 2.24) is 15.5 Å². The number of H-pyrrole nitrogens is 2. The van der Waals surface area contributed by atoms with Crippen LogP contribution in [0, 0.1) is 0 Å². The van der Waals surface area contributed by atoms with Gasteiger partial charge in [0.05, 0.1) is 23.0 Å². The molecular formula is C17H14N4O4. The lowest BCUT2D eigenvalue weighted by molar-refractivity contribution is -0.115. The van der Waals surface area contributed by atoms with Crippen molar-refractivity contribution in [3.63, 3.8) is 0 Å². The van der Waals surface area contributed by atoms with Crippen molar-refractivity contribution in [1.29, 1.82) is 0 Å². The van der Waals surface area contributed by atoms with E-state index >= 15 is 0 Å². The Labute approximate surface area is 140 Å². The average molecular weight is 338 g/mol. The molecule has 126 valence electrons. The second kappa shape index (κ2) is 6.83. The van der Waals surface area contributed by atoms with Crippen LogP contribution in [0.15, 0.2) is 58.1 Å². The number of benzene rings is 2. The van der Waals surface area contributed by atoms with E-state index in [9.17, 15) is 19.2 Å². The summed E-state index contributed by atoms with van der Waals surface area (Å²) in [4.78, 5) is 47.7. The molecule has 3 aromatic rings. The maximum atomic E-state index is 12.1. The predicted molar refractivity (Wildman–Crippen MR) is 92.6 cm³/mol. The second-order valence-corrected chi connectivity index (χ2v) is 5.23. The Balaban J connectivity index is 1.75. The quantitative estimate of drug-likeness (QED) is 0.555. The van der Waals surface area contributed by atoms with Crippen LogP contribution in [-0.2, 0) is 4.79 Å². The number of amides is 2. The molecule has 0 bridgehead atoms. The molecule has 0 fully saturated rings. The number of aromatic amines is 2. The Morgan fingerprint density at radius 3 is 2.36 bits per heavy atom. The third-order valence-electron chi connectivity index (χ3n) is 3.55. The minimum atomic E-state index is -0.529. The van der Waals surface area contributed by atoms with Crippen LogP contribution in [0.3, 0.4) is 0 Å². The van der Waals surface area contributed by atoms with Crippen LogP contribution in [0.4, 0.5) is 5.69 Å². The molecule has 0 atom stereocenters. The summed E-state index contributed by atoms with van der Waals surface area (Å²) in [7, 11) is 0. The Kier molecular flexibility index (Phi) is 4.42. The Bertz CT molecular complexity index is 1050. The van der Waals surface area contributed by atoms with Gasteiger partial charge in [0.25, 0.3) is 17.0 Å². The molecule has 0 aliphatic carbocycles. The van der Waals surface area contributed by atoms with Crippen molar-refractivity contribution in [3.05, 3.63) is 74.8 Å². The zero-order chi connectivity index (χ0) is 17.8. The molecule has 1 aromatic heterocycles. The van der Waals surface area contributed by atoms with Crippen LogP contribution < -0.4 is 21.8 Å². The van der Waals surface area contributed by atoms with Crippen molar-refractivity contribution < 1.29 is 9.59 Å². The normalized spacial score (nSPS) is 10.4. The van der Waals surface area contributed by atoms with E-state index in [-0.39, 0.29) is 28.9 Å². The molecule has 0 radical (unpaired) electrons. The number of nitrogens with one attached hydrogen (secondary N) is 4. The molecule has 0 saturated heterocycles. The Morgan fingerprint density at radius 1 is 0.880 bits per heavy atom. The fraction of sp³-hybridized carbons (Fsp3) is 0.0588. The molecule has 1 heterocycles. The third kappa shape index (κ3) is 3.47. The van der Waals surface area contributed by atoms with Gasteiger partial charge < -0.3 is 10.6 Å². The first-order chi connectivity index (χ1) is 12.1. The number of fused-ring (bicyclic) bond motifs is 1. The molecule has 0 aliphatic heterocycles. The lowest BCUT2D eigenvalue weighted by Crippen LogP contribution is -2.33. The van der Waals surface area contributed by atoms with E-state index in [1.54, 1.807) is 36.4 Å². The van der Waals surface area contributed by atoms with Gasteiger partial charge in [0.2, 0.25) is 5.91 Å². The third-order valence-corrected chi connectivity index (χ3v) is 3.55. The molecule has 0 saturated carbocycles. The smallest absolute Gasteiger partial charge is 0.272 e. The lowest BCUT2D eigenvalue weighted by atomic mass is 10.1. The van der Waals surface area contributed by atoms with Gasteiger partial charge in [-0.1, -0.05) is 24.3 Å². The highest BCUT2D eigenvalue weighted by Crippen LogP contribution is 2.16. The maximum absolute atomic E-state index is 12.1. The Hall–Kier alpha value is -3.68. The van der Waals surface area contributed by atoms with E-state index in [1.807, 2.05) is 0 Å². The molecule has 3 rings (SSSR count). The van der Waals surface area contributed by atoms with Crippen molar-refractivity contribution in [2.45, 2.75) is 0 Å². The summed E-state index contributed by atoms with van der Waals surface area (Å²) in [5.74, 6) is -0.903. The highest BCUT2D eigenvalue weighted by molar-refractivity contribution is 6.04. The van der Waals surface area contributed by atoms with Gasteiger partial charge in [0.1, 0.15) is 0 Å². The van der Waals surface area contributed by atoms with Gasteiger partial charge in [-0.25, -0.2) is 0 Å². The molecule has 0 unspecified atom stereocenters. The number of anilines is 1. The summed E-state index contributed by atoms with van der Waals surface area (Å²) in [6.45, 7) is -0.273. The minimum absolute atomic E-state index is 0.0778. The first kappa shape index (κ1) is 16.2. The maximum Gasteiger partial charge on any atom is 0.272 e. The summed E-state index contributed by atoms with van der Waals surface area (Å²) in [5, 5.41) is 9.69. The van der Waals surface area contributed by atoms with E-state index < -0.39 is 17.0 Å². The number of carbonyl (C=O) groups excluding carboxylic acids is 2. The summed E-state index contributed by atoms with van der Waals surface area (Å²) in [6.07, 6.45) is 0. The van der Waals surface area contributed by atoms with Gasteiger partial charge in [-0.15, -0.1) is 0 Å². The monoisotopic (exact) mass is 338 g/mol. The zero-order valence-electron chi connectivity index (χ0n) is 13.0. The largest absolute Gasteiger partial charge is 0.343 e. The first-order valence-electron chi connectivity index (χ1n) is 7.43. The number of carbonyl (C=O) groups is 2. The molecule has 0 aliphatic rings. The van der Waals surface area contributed by atoms with Gasteiger partial charge in [0, 0.05) is 5.56 Å². The van der Waals surface area contributed by atoms with Crippen LogP contribution >= 0.6 is 0 Å². The molecule has 25 heavy (non-hydrogen) atoms. The molecule has 2 amide bonds. The highest BCUT2D eigenvalue weighted by atomic mass is 16.2. The van der Waals surface area contributed by atoms with Crippen LogP contribution in [0.5, 0.6) is 0 Å². The van der Waals surface area contributed by atoms with Gasteiger partial charge >= 0.3 is 0 Å². The molecule has 8 heteroatoms. The van der Waals surface area contributed by atoms with Crippen molar-refractivity contribution in [3.8, 4) is 0 Å². The van der Waals surface area contributed by atoms with E-state index in [0.29, 0.717) is 5.56 Å². The van der Waals surface area contributed by atoms with Gasteiger partial charge in [0.15, 0.2) is 0 Å². The second-order valence-electron chi connectivity index (χ2n) is 5.23. The standard InChI is InChI=1S/C17H14N4O4/c22-13(9-18-15(23)10-5-2-1-3-6-10)19-12-8-4-7-11-14(12)17(25)21-20-16(11)24/h1-8H,9H2,(H,18,23)(H,19,22)(H,20,24)(H,21,25). The summed E-state index contributed by atoms with van der Waals surface area (Å²) < 4.78 is 0. The molecule has 2 aromatic carbocycles. The average Bonchev–Trinajstić information content (AvgIpc) is 2.63. The number of hydrogen-bond donors (Lipinski definition) is 4.